The van der Waals surface area contributed by atoms with Gasteiger partial charge in [0.05, 0.1) is 10.1 Å². The quantitative estimate of drug-likeness (QED) is 0.388. The van der Waals surface area contributed by atoms with Gasteiger partial charge in [-0.05, 0) is 19.9 Å². The summed E-state index contributed by atoms with van der Waals surface area (Å²) in [6.45, 7) is 2.83. The van der Waals surface area contributed by atoms with Crippen LogP contribution in [-0.2, 0) is 4.84 Å². The van der Waals surface area contributed by atoms with Crippen molar-refractivity contribution in [1.29, 1.82) is 0 Å². The first-order valence-corrected chi connectivity index (χ1v) is 5.62. The summed E-state index contributed by atoms with van der Waals surface area (Å²) < 4.78 is 1.13. The van der Waals surface area contributed by atoms with E-state index in [1.807, 2.05) is 0 Å². The lowest BCUT2D eigenvalue weighted by molar-refractivity contribution is -0.467. The Balaban J connectivity index is 2.74. The van der Waals surface area contributed by atoms with Crippen LogP contribution < -0.4 is 4.43 Å². The molecule has 0 amide bonds. The molecular weight excluding hydrogens is 266 g/mol. The van der Waals surface area contributed by atoms with Crippen molar-refractivity contribution in [1.82, 2.24) is 4.73 Å². The van der Waals surface area contributed by atoms with Gasteiger partial charge in [0.15, 0.2) is 5.71 Å². The van der Waals surface area contributed by atoms with E-state index in [-0.39, 0.29) is 28.1 Å². The van der Waals surface area contributed by atoms with Crippen LogP contribution in [0.5, 0.6) is 0 Å². The molecule has 0 radical (unpaired) electrons. The van der Waals surface area contributed by atoms with Crippen molar-refractivity contribution in [2.24, 2.45) is 5.16 Å². The molecular formula is C12H11N3O5. The molecule has 8 heteroatoms. The lowest BCUT2D eigenvalue weighted by Gasteiger charge is -2.15. The fraction of sp³-hybridized carbons (Fsp3) is 0.167. The third-order valence-corrected chi connectivity index (χ3v) is 2.77. The third kappa shape index (κ3) is 2.18. The summed E-state index contributed by atoms with van der Waals surface area (Å²) in [4.78, 5) is 26.6. The highest BCUT2D eigenvalue weighted by atomic mass is 16.7. The molecule has 2 rings (SSSR count). The second kappa shape index (κ2) is 5.00. The number of rotatable bonds is 2. The van der Waals surface area contributed by atoms with Gasteiger partial charge < -0.3 is 15.0 Å². The molecule has 0 unspecified atom stereocenters. The van der Waals surface area contributed by atoms with Crippen LogP contribution in [0.2, 0.25) is 0 Å². The Morgan fingerprint density at radius 1 is 1.45 bits per heavy atom. The van der Waals surface area contributed by atoms with E-state index in [2.05, 4.69) is 9.99 Å². The minimum Gasteiger partial charge on any atom is -0.805 e. The summed E-state index contributed by atoms with van der Waals surface area (Å²) in [5.74, 6) is 0. The Kier molecular flexibility index (Phi) is 3.38. The number of carboxylic acid groups (broad SMARTS) is 1. The summed E-state index contributed by atoms with van der Waals surface area (Å²) in [6, 6.07) is 6.28. The number of aromatic nitrogens is 2. The van der Waals surface area contributed by atoms with E-state index in [1.54, 1.807) is 12.1 Å². The number of para-hydroxylation sites is 2. The highest BCUT2D eigenvalue weighted by Gasteiger charge is 2.23. The molecule has 20 heavy (non-hydrogen) atoms. The molecule has 1 aromatic carbocycles. The maximum absolute atomic E-state index is 12.3. The number of fused-ring (bicyclic) bond motifs is 1. The number of carbonyl (C=O) groups is 1. The highest BCUT2D eigenvalue weighted by molar-refractivity contribution is 5.97. The van der Waals surface area contributed by atoms with Crippen molar-refractivity contribution in [3.05, 3.63) is 45.8 Å². The van der Waals surface area contributed by atoms with E-state index in [0.717, 1.165) is 0 Å². The smallest absolute Gasteiger partial charge is 0.532 e. The molecule has 104 valence electrons. The topological polar surface area (TPSA) is 110 Å². The molecule has 0 aliphatic rings. The predicted molar refractivity (Wildman–Crippen MR) is 70.1 cm³/mol. The van der Waals surface area contributed by atoms with Gasteiger partial charge in [-0.2, -0.15) is 0 Å². The van der Waals surface area contributed by atoms with Gasteiger partial charge in [0.2, 0.25) is 0 Å². The van der Waals surface area contributed by atoms with Crippen LogP contribution in [0.1, 0.15) is 18.3 Å². The average molecular weight is 277 g/mol. The number of benzene rings is 1. The first kappa shape index (κ1) is 13.5. The van der Waals surface area contributed by atoms with Crippen LogP contribution in [0.15, 0.2) is 29.4 Å². The summed E-state index contributed by atoms with van der Waals surface area (Å²) >= 11 is 0. The number of nitrogens with zero attached hydrogens (tertiary/aromatic N) is 3. The molecule has 8 nitrogen and oxygen atoms in total. The molecule has 2 aromatic rings. The second-order valence-electron chi connectivity index (χ2n) is 4.05. The number of hydrogen-bond acceptors (Lipinski definition) is 5. The van der Waals surface area contributed by atoms with Crippen LogP contribution in [0.3, 0.4) is 0 Å². The van der Waals surface area contributed by atoms with Crippen molar-refractivity contribution in [2.45, 2.75) is 13.8 Å². The molecule has 1 heterocycles. The zero-order chi connectivity index (χ0) is 14.9. The Hall–Kier alpha value is -2.90. The zero-order valence-electron chi connectivity index (χ0n) is 10.7. The van der Waals surface area contributed by atoms with Crippen molar-refractivity contribution >= 4 is 22.9 Å². The Bertz CT molecular complexity index is 778. The zero-order valence-corrected chi connectivity index (χ0v) is 10.7. The third-order valence-electron chi connectivity index (χ3n) is 2.77. The SMILES string of the molecule is C/C(=N/OC(=O)O)c1c(C)n([O-])c2ccccc2[n+]1=O. The van der Waals surface area contributed by atoms with Crippen LogP contribution in [-0.4, -0.2) is 21.7 Å². The number of hydrogen-bond donors (Lipinski definition) is 1. The van der Waals surface area contributed by atoms with E-state index in [1.165, 1.54) is 26.0 Å². The van der Waals surface area contributed by atoms with Crippen LogP contribution >= 0.6 is 0 Å². The van der Waals surface area contributed by atoms with Crippen LogP contribution in [0.25, 0.3) is 11.0 Å². The standard InChI is InChI=1S/C12H11N3O5/c1-7(13-20-12(16)17)11-8(2)14(18)9-5-3-4-6-10(9)15(11)19/h3-6H,1-2H3,(H,16,17)/b13-7-. The first-order valence-electron chi connectivity index (χ1n) is 5.62. The minimum absolute atomic E-state index is 0.00440. The van der Waals surface area contributed by atoms with E-state index < -0.39 is 6.16 Å². The van der Waals surface area contributed by atoms with Gasteiger partial charge in [-0.1, -0.05) is 17.3 Å². The normalized spacial score (nSPS) is 11.6. The summed E-state index contributed by atoms with van der Waals surface area (Å²) in [6.07, 6.45) is -1.60. The van der Waals surface area contributed by atoms with Gasteiger partial charge >= 0.3 is 11.8 Å². The van der Waals surface area contributed by atoms with E-state index in [9.17, 15) is 14.9 Å². The molecule has 0 fully saturated rings. The lowest BCUT2D eigenvalue weighted by Crippen LogP contribution is -2.29. The van der Waals surface area contributed by atoms with Gasteiger partial charge in [-0.25, -0.2) is 4.79 Å². The van der Waals surface area contributed by atoms with E-state index >= 15 is 0 Å². The Morgan fingerprint density at radius 3 is 2.75 bits per heavy atom. The fourth-order valence-electron chi connectivity index (χ4n) is 1.91. The van der Waals surface area contributed by atoms with Crippen LogP contribution in [0.4, 0.5) is 4.79 Å². The van der Waals surface area contributed by atoms with Crippen molar-refractivity contribution in [3.63, 3.8) is 0 Å². The minimum atomic E-state index is -1.60. The van der Waals surface area contributed by atoms with Gasteiger partial charge in [0, 0.05) is 11.0 Å². The lowest BCUT2D eigenvalue weighted by atomic mass is 10.2. The molecule has 0 spiro atoms. The molecule has 0 aliphatic carbocycles. The first-order chi connectivity index (χ1) is 9.43. The molecule has 0 saturated carbocycles. The van der Waals surface area contributed by atoms with Gasteiger partial charge in [-0.15, -0.1) is 0 Å². The van der Waals surface area contributed by atoms with Crippen molar-refractivity contribution in [3.8, 4) is 0 Å². The predicted octanol–water partition coefficient (Wildman–Crippen LogP) is 1.63. The maximum atomic E-state index is 12.3. The molecule has 0 saturated heterocycles. The molecule has 0 bridgehead atoms. The van der Waals surface area contributed by atoms with Crippen LogP contribution in [0, 0.1) is 17.0 Å². The average Bonchev–Trinajstić information content (AvgIpc) is 2.43. The number of oxime groups is 1. The van der Waals surface area contributed by atoms with Gasteiger partial charge in [0.1, 0.15) is 5.52 Å². The van der Waals surface area contributed by atoms with E-state index in [4.69, 9.17) is 5.11 Å². The van der Waals surface area contributed by atoms with Gasteiger partial charge in [-0.3, -0.25) is 4.84 Å². The summed E-state index contributed by atoms with van der Waals surface area (Å²) in [5, 5.41) is 23.8. The molecule has 0 atom stereocenters. The van der Waals surface area contributed by atoms with Crippen molar-refractivity contribution in [2.75, 3.05) is 0 Å². The second-order valence-corrected chi connectivity index (χ2v) is 4.05. The Morgan fingerprint density at radius 2 is 2.10 bits per heavy atom. The maximum Gasteiger partial charge on any atom is 0.532 e. The van der Waals surface area contributed by atoms with E-state index in [0.29, 0.717) is 9.16 Å². The summed E-state index contributed by atoms with van der Waals surface area (Å²) in [7, 11) is 0. The van der Waals surface area contributed by atoms with Gasteiger partial charge in [0.25, 0.3) is 5.52 Å². The monoisotopic (exact) mass is 277 g/mol. The molecule has 1 aromatic heterocycles. The molecule has 1 N–H and O–H groups in total. The van der Waals surface area contributed by atoms with Crippen molar-refractivity contribution < 1.29 is 19.2 Å². The molecule has 0 aliphatic heterocycles. The fourth-order valence-corrected chi connectivity index (χ4v) is 1.91. The Labute approximate surface area is 112 Å². The highest BCUT2D eigenvalue weighted by Crippen LogP contribution is 2.14. The summed E-state index contributed by atoms with van der Waals surface area (Å²) in [5.41, 5.74) is 0.438. The largest absolute Gasteiger partial charge is 0.805 e.